The van der Waals surface area contributed by atoms with Gasteiger partial charge in [-0.15, -0.1) is 0 Å². The van der Waals surface area contributed by atoms with Gasteiger partial charge in [0.15, 0.2) is 0 Å². The number of anilines is 2. The molecule has 1 aliphatic rings. The van der Waals surface area contributed by atoms with Crippen molar-refractivity contribution in [2.24, 2.45) is 0 Å². The molecule has 1 heterocycles. The highest BCUT2D eigenvalue weighted by molar-refractivity contribution is 6.06. The Morgan fingerprint density at radius 3 is 2.16 bits per heavy atom. The fourth-order valence-corrected chi connectivity index (χ4v) is 4.73. The third-order valence-corrected chi connectivity index (χ3v) is 7.16. The van der Waals surface area contributed by atoms with Crippen molar-refractivity contribution in [3.8, 4) is 22.6 Å². The second-order valence-electron chi connectivity index (χ2n) is 9.16. The van der Waals surface area contributed by atoms with Gasteiger partial charge in [0.25, 0.3) is 11.8 Å². The van der Waals surface area contributed by atoms with Crippen LogP contribution in [0.3, 0.4) is 0 Å². The average Bonchev–Trinajstić information content (AvgIpc) is 2.95. The Kier molecular flexibility index (Phi) is 10.6. The summed E-state index contributed by atoms with van der Waals surface area (Å²) in [7, 11) is 3.10. The van der Waals surface area contributed by atoms with Gasteiger partial charge in [-0.1, -0.05) is 13.8 Å². The van der Waals surface area contributed by atoms with Crippen LogP contribution >= 0.6 is 0 Å². The van der Waals surface area contributed by atoms with E-state index < -0.39 is 0 Å². The van der Waals surface area contributed by atoms with Crippen LogP contribution in [0.1, 0.15) is 48.4 Å². The highest BCUT2D eigenvalue weighted by atomic mass is 16.5. The van der Waals surface area contributed by atoms with Crippen LogP contribution in [-0.4, -0.2) is 83.3 Å². The number of fused-ring (bicyclic) bond motifs is 3. The lowest BCUT2D eigenvalue weighted by molar-refractivity contribution is -0.895. The minimum atomic E-state index is -0.208. The van der Waals surface area contributed by atoms with Crippen molar-refractivity contribution in [1.29, 1.82) is 0 Å². The number of hydrogen-bond donors (Lipinski definition) is 5. The molecule has 0 aliphatic carbocycles. The second kappa shape index (κ2) is 13.9. The SMILES string of the molecule is CCN(CC)CCNC(=O)c1ccc2c(c1OC)-c1cc(C(=O)NCC[NH+](CC)CC)c(OC)cc1NN2. The topological polar surface area (TPSA) is 108 Å². The normalized spacial score (nSPS) is 11.8. The van der Waals surface area contributed by atoms with Crippen molar-refractivity contribution in [3.05, 3.63) is 35.4 Å². The quantitative estimate of drug-likeness (QED) is 0.255. The Labute approximate surface area is 226 Å². The van der Waals surface area contributed by atoms with Gasteiger partial charge in [-0.3, -0.25) is 9.59 Å². The molecule has 0 radical (unpaired) electrons. The second-order valence-corrected chi connectivity index (χ2v) is 9.16. The molecule has 1 aliphatic heterocycles. The Morgan fingerprint density at radius 2 is 1.53 bits per heavy atom. The largest absolute Gasteiger partial charge is 0.496 e. The number of nitrogens with one attached hydrogen (secondary N) is 5. The molecule has 3 rings (SSSR count). The van der Waals surface area contributed by atoms with Crippen molar-refractivity contribution >= 4 is 23.2 Å². The van der Waals surface area contributed by atoms with Crippen LogP contribution in [0.2, 0.25) is 0 Å². The molecule has 2 amide bonds. The molecular formula is C28H43N6O4+. The standard InChI is InChI=1S/C28H42N6O4/c1-7-33(8-2)15-13-29-27(35)19-11-12-22-25(26(19)38-6)20-17-21(24(37-5)18-23(20)32-31-22)28(36)30-14-16-34(9-3)10-4/h11-12,17-18,31-32H,7-10,13-16H2,1-6H3,(H,29,35)(H,30,36)/p+1. The van der Waals surface area contributed by atoms with Crippen molar-refractivity contribution in [3.63, 3.8) is 0 Å². The number of methoxy groups -OCH3 is 2. The van der Waals surface area contributed by atoms with Gasteiger partial charge in [0.2, 0.25) is 0 Å². The first-order valence-electron chi connectivity index (χ1n) is 13.5. The summed E-state index contributed by atoms with van der Waals surface area (Å²) < 4.78 is 11.3. The Balaban J connectivity index is 1.92. The van der Waals surface area contributed by atoms with E-state index in [4.69, 9.17) is 9.47 Å². The van der Waals surface area contributed by atoms with Crippen molar-refractivity contribution in [2.45, 2.75) is 27.7 Å². The van der Waals surface area contributed by atoms with E-state index >= 15 is 0 Å². The van der Waals surface area contributed by atoms with E-state index in [-0.39, 0.29) is 11.8 Å². The average molecular weight is 528 g/mol. The summed E-state index contributed by atoms with van der Waals surface area (Å²) in [5.41, 5.74) is 10.1. The van der Waals surface area contributed by atoms with Crippen LogP contribution in [0.25, 0.3) is 11.1 Å². The van der Waals surface area contributed by atoms with Gasteiger partial charge in [0.05, 0.1) is 68.5 Å². The van der Waals surface area contributed by atoms with Crippen LogP contribution in [0.4, 0.5) is 11.4 Å². The van der Waals surface area contributed by atoms with E-state index in [1.165, 1.54) is 4.90 Å². The molecule has 0 spiro atoms. The third kappa shape index (κ3) is 6.49. The number of ether oxygens (including phenoxy) is 2. The van der Waals surface area contributed by atoms with Crippen LogP contribution in [0, 0.1) is 0 Å². The smallest absolute Gasteiger partial charge is 0.255 e. The number of carbonyl (C=O) groups is 2. The first kappa shape index (κ1) is 29.1. The fraction of sp³-hybridized carbons (Fsp3) is 0.500. The molecule has 2 aromatic rings. The molecule has 0 atom stereocenters. The molecule has 0 bridgehead atoms. The lowest BCUT2D eigenvalue weighted by Gasteiger charge is -2.27. The summed E-state index contributed by atoms with van der Waals surface area (Å²) in [4.78, 5) is 30.0. The molecule has 5 N–H and O–H groups in total. The number of quaternary nitrogens is 1. The van der Waals surface area contributed by atoms with Gasteiger partial charge in [-0.2, -0.15) is 0 Å². The number of likely N-dealkylation sites (N-methyl/N-ethyl adjacent to an activating group) is 2. The lowest BCUT2D eigenvalue weighted by Crippen LogP contribution is -3.12. The molecule has 38 heavy (non-hydrogen) atoms. The number of hydrazine groups is 1. The Morgan fingerprint density at radius 1 is 0.868 bits per heavy atom. The molecular weight excluding hydrogens is 484 g/mol. The first-order valence-corrected chi connectivity index (χ1v) is 13.5. The fourth-order valence-electron chi connectivity index (χ4n) is 4.73. The first-order chi connectivity index (χ1) is 18.4. The van der Waals surface area contributed by atoms with E-state index in [1.54, 1.807) is 32.4 Å². The third-order valence-electron chi connectivity index (χ3n) is 7.16. The molecule has 2 aromatic carbocycles. The van der Waals surface area contributed by atoms with Gasteiger partial charge in [-0.05, 0) is 45.1 Å². The summed E-state index contributed by atoms with van der Waals surface area (Å²) in [6, 6.07) is 7.16. The molecule has 0 fully saturated rings. The van der Waals surface area contributed by atoms with Crippen molar-refractivity contribution in [2.75, 3.05) is 77.4 Å². The van der Waals surface area contributed by atoms with Crippen LogP contribution in [0.5, 0.6) is 11.5 Å². The van der Waals surface area contributed by atoms with Crippen molar-refractivity contribution in [1.82, 2.24) is 15.5 Å². The molecule has 0 aromatic heterocycles. The summed E-state index contributed by atoms with van der Waals surface area (Å²) in [6.07, 6.45) is 0. The molecule has 208 valence electrons. The minimum Gasteiger partial charge on any atom is -0.496 e. The predicted octanol–water partition coefficient (Wildman–Crippen LogP) is 1.85. The van der Waals surface area contributed by atoms with Gasteiger partial charge in [0, 0.05) is 24.7 Å². The summed E-state index contributed by atoms with van der Waals surface area (Å²) in [6.45, 7) is 15.1. The lowest BCUT2D eigenvalue weighted by atomic mass is 9.94. The number of amides is 2. The molecule has 0 unspecified atom stereocenters. The van der Waals surface area contributed by atoms with E-state index in [0.717, 1.165) is 56.2 Å². The zero-order chi connectivity index (χ0) is 27.7. The summed E-state index contributed by atoms with van der Waals surface area (Å²) in [5, 5.41) is 6.04. The zero-order valence-corrected chi connectivity index (χ0v) is 23.5. The van der Waals surface area contributed by atoms with Crippen LogP contribution < -0.4 is 35.9 Å². The Bertz CT molecular complexity index is 1120. The van der Waals surface area contributed by atoms with E-state index in [0.29, 0.717) is 41.3 Å². The molecule has 10 nitrogen and oxygen atoms in total. The highest BCUT2D eigenvalue weighted by Gasteiger charge is 2.27. The van der Waals surface area contributed by atoms with Crippen LogP contribution in [0.15, 0.2) is 24.3 Å². The Hall–Kier alpha value is -3.50. The number of benzene rings is 2. The maximum absolute atomic E-state index is 13.2. The van der Waals surface area contributed by atoms with E-state index in [1.807, 2.05) is 6.07 Å². The van der Waals surface area contributed by atoms with Gasteiger partial charge in [0.1, 0.15) is 11.5 Å². The summed E-state index contributed by atoms with van der Waals surface area (Å²) >= 11 is 0. The molecule has 0 saturated heterocycles. The van der Waals surface area contributed by atoms with E-state index in [2.05, 4.69) is 54.1 Å². The summed E-state index contributed by atoms with van der Waals surface area (Å²) in [5.74, 6) is 0.487. The number of nitrogens with zero attached hydrogens (tertiary/aromatic N) is 1. The number of hydrogen-bond acceptors (Lipinski definition) is 7. The van der Waals surface area contributed by atoms with Crippen LogP contribution in [-0.2, 0) is 0 Å². The van der Waals surface area contributed by atoms with E-state index in [9.17, 15) is 9.59 Å². The van der Waals surface area contributed by atoms with Gasteiger partial charge < -0.3 is 40.8 Å². The zero-order valence-electron chi connectivity index (χ0n) is 23.5. The van der Waals surface area contributed by atoms with Gasteiger partial charge in [-0.25, -0.2) is 0 Å². The molecule has 10 heteroatoms. The predicted molar refractivity (Wildman–Crippen MR) is 152 cm³/mol. The molecule has 0 saturated carbocycles. The maximum atomic E-state index is 13.2. The van der Waals surface area contributed by atoms with Gasteiger partial charge >= 0.3 is 0 Å². The van der Waals surface area contributed by atoms with Crippen molar-refractivity contribution < 1.29 is 24.0 Å². The number of carbonyl (C=O) groups excluding carboxylic acids is 2. The monoisotopic (exact) mass is 527 g/mol. The number of rotatable bonds is 14. The minimum absolute atomic E-state index is 0.206. The maximum Gasteiger partial charge on any atom is 0.255 e. The highest BCUT2D eigenvalue weighted by Crippen LogP contribution is 2.47.